The van der Waals surface area contributed by atoms with Crippen molar-refractivity contribution in [2.45, 2.75) is 38.0 Å². The summed E-state index contributed by atoms with van der Waals surface area (Å²) in [6, 6.07) is -0.562. The fourth-order valence-electron chi connectivity index (χ4n) is 2.09. The zero-order valence-corrected chi connectivity index (χ0v) is 9.67. The molecule has 17 heavy (non-hydrogen) atoms. The molecule has 0 aromatic carbocycles. The van der Waals surface area contributed by atoms with Crippen LogP contribution in [0.1, 0.15) is 20.3 Å². The summed E-state index contributed by atoms with van der Waals surface area (Å²) in [5, 5.41) is 21.1. The number of amidine groups is 1. The van der Waals surface area contributed by atoms with Gasteiger partial charge in [0.05, 0.1) is 18.7 Å². The first kappa shape index (κ1) is 11.8. The van der Waals surface area contributed by atoms with Crippen LogP contribution in [-0.4, -0.2) is 57.2 Å². The van der Waals surface area contributed by atoms with Gasteiger partial charge in [0.1, 0.15) is 11.4 Å². The summed E-state index contributed by atoms with van der Waals surface area (Å²) in [4.78, 5) is 27.9. The maximum Gasteiger partial charge on any atom is 0.408 e. The Kier molecular flexibility index (Phi) is 2.57. The molecule has 0 bridgehead atoms. The molecule has 1 saturated heterocycles. The average Bonchev–Trinajstić information content (AvgIpc) is 2.69. The number of likely N-dealkylation sites (tertiary alicyclic amines) is 1. The fraction of sp³-hybridized carbons (Fsp3) is 0.700. The molecule has 2 unspecified atom stereocenters. The van der Waals surface area contributed by atoms with Crippen LogP contribution in [-0.2, 0) is 4.79 Å². The summed E-state index contributed by atoms with van der Waals surface area (Å²) in [5.74, 6) is 0.0816. The first-order valence-electron chi connectivity index (χ1n) is 5.40. The zero-order valence-electron chi connectivity index (χ0n) is 9.67. The summed E-state index contributed by atoms with van der Waals surface area (Å²) in [6.45, 7) is 3.37. The van der Waals surface area contributed by atoms with Gasteiger partial charge < -0.3 is 15.5 Å². The number of aliphatic hydroxyl groups is 1. The molecule has 0 aliphatic carbocycles. The van der Waals surface area contributed by atoms with Crippen molar-refractivity contribution in [2.75, 3.05) is 6.54 Å². The van der Waals surface area contributed by atoms with Gasteiger partial charge in [-0.1, -0.05) is 0 Å². The number of carboxylic acid groups (broad SMARTS) is 1. The number of amides is 2. The van der Waals surface area contributed by atoms with E-state index in [1.165, 1.54) is 0 Å². The number of hydrogen-bond acceptors (Lipinski definition) is 4. The molecule has 3 N–H and O–H groups in total. The van der Waals surface area contributed by atoms with Crippen LogP contribution in [0.2, 0.25) is 0 Å². The number of carbonyl (C=O) groups excluding carboxylic acids is 1. The van der Waals surface area contributed by atoms with Gasteiger partial charge in [-0.3, -0.25) is 14.7 Å². The minimum Gasteiger partial charge on any atom is -0.465 e. The van der Waals surface area contributed by atoms with Crippen molar-refractivity contribution in [3.05, 3.63) is 0 Å². The largest absolute Gasteiger partial charge is 0.465 e. The number of β-amino-alcohol motifs (C(OH)–C–C–N with tert-alkyl or cyclic N) is 1. The van der Waals surface area contributed by atoms with Crippen LogP contribution in [0.15, 0.2) is 4.99 Å². The van der Waals surface area contributed by atoms with Crippen molar-refractivity contribution in [2.24, 2.45) is 4.99 Å². The number of hydrogen-bond donors (Lipinski definition) is 3. The van der Waals surface area contributed by atoms with E-state index in [-0.39, 0.29) is 18.9 Å². The van der Waals surface area contributed by atoms with Crippen LogP contribution in [0.3, 0.4) is 0 Å². The molecule has 0 radical (unpaired) electrons. The second-order valence-corrected chi connectivity index (χ2v) is 4.85. The molecule has 0 saturated carbocycles. The molecule has 2 heterocycles. The first-order chi connectivity index (χ1) is 7.81. The molecule has 2 rings (SSSR count). The highest BCUT2D eigenvalue weighted by atomic mass is 16.4. The van der Waals surface area contributed by atoms with Gasteiger partial charge in [0.15, 0.2) is 0 Å². The molecular weight excluding hydrogens is 226 g/mol. The van der Waals surface area contributed by atoms with Crippen molar-refractivity contribution in [1.29, 1.82) is 0 Å². The van der Waals surface area contributed by atoms with Crippen molar-refractivity contribution in [3.8, 4) is 0 Å². The number of nitrogens with one attached hydrogen (secondary N) is 1. The highest BCUT2D eigenvalue weighted by Gasteiger charge is 2.43. The molecule has 0 aromatic heterocycles. The van der Waals surface area contributed by atoms with E-state index in [1.807, 2.05) is 0 Å². The van der Waals surface area contributed by atoms with Crippen molar-refractivity contribution < 1.29 is 19.8 Å². The molecule has 7 nitrogen and oxygen atoms in total. The summed E-state index contributed by atoms with van der Waals surface area (Å²) in [5.41, 5.74) is -0.868. The third kappa shape index (κ3) is 1.97. The molecular formula is C10H15N3O4. The molecule has 0 aromatic rings. The summed E-state index contributed by atoms with van der Waals surface area (Å²) < 4.78 is 0. The van der Waals surface area contributed by atoms with Gasteiger partial charge in [-0.15, -0.1) is 0 Å². The van der Waals surface area contributed by atoms with Crippen LogP contribution < -0.4 is 5.32 Å². The van der Waals surface area contributed by atoms with Crippen molar-refractivity contribution in [3.63, 3.8) is 0 Å². The Hall–Kier alpha value is -1.63. The molecule has 94 valence electrons. The number of rotatable bonds is 1. The maximum absolute atomic E-state index is 11.6. The lowest BCUT2D eigenvalue weighted by Crippen LogP contribution is -2.45. The summed E-state index contributed by atoms with van der Waals surface area (Å²) in [6.07, 6.45) is -1.56. The van der Waals surface area contributed by atoms with Gasteiger partial charge in [-0.25, -0.2) is 4.79 Å². The molecule has 0 spiro atoms. The predicted molar refractivity (Wildman–Crippen MR) is 58.8 cm³/mol. The molecule has 2 atom stereocenters. The standard InChI is InChI=1S/C10H15N3O4/c1-10(2)8(15)11-7(12-10)6-3-5(14)4-13(6)9(16)17/h5-6,14H,3-4H2,1-2H3,(H,16,17)(H,11,12,15). The van der Waals surface area contributed by atoms with E-state index in [9.17, 15) is 14.7 Å². The van der Waals surface area contributed by atoms with E-state index in [0.29, 0.717) is 5.84 Å². The van der Waals surface area contributed by atoms with Gasteiger partial charge >= 0.3 is 6.09 Å². The second kappa shape index (κ2) is 3.69. The second-order valence-electron chi connectivity index (χ2n) is 4.85. The predicted octanol–water partition coefficient (Wildman–Crippen LogP) is -0.593. The highest BCUT2D eigenvalue weighted by molar-refractivity contribution is 6.10. The number of nitrogens with zero attached hydrogens (tertiary/aromatic N) is 2. The Morgan fingerprint density at radius 2 is 2.24 bits per heavy atom. The third-order valence-corrected chi connectivity index (χ3v) is 3.04. The highest BCUT2D eigenvalue weighted by Crippen LogP contribution is 2.24. The lowest BCUT2D eigenvalue weighted by atomic mass is 10.1. The van der Waals surface area contributed by atoms with E-state index >= 15 is 0 Å². The van der Waals surface area contributed by atoms with Crippen LogP contribution in [0.25, 0.3) is 0 Å². The quantitative estimate of drug-likeness (QED) is 0.570. The smallest absolute Gasteiger partial charge is 0.408 e. The van der Waals surface area contributed by atoms with Gasteiger partial charge in [0, 0.05) is 6.42 Å². The van der Waals surface area contributed by atoms with Crippen LogP contribution in [0.4, 0.5) is 4.79 Å². The lowest BCUT2D eigenvalue weighted by Gasteiger charge is -2.20. The minimum atomic E-state index is -1.12. The normalized spacial score (nSPS) is 31.4. The maximum atomic E-state index is 11.6. The summed E-state index contributed by atoms with van der Waals surface area (Å²) >= 11 is 0. The monoisotopic (exact) mass is 241 g/mol. The third-order valence-electron chi connectivity index (χ3n) is 3.04. The minimum absolute atomic E-state index is 0.0509. The Balaban J connectivity index is 2.23. The molecule has 2 aliphatic rings. The molecule has 7 heteroatoms. The van der Waals surface area contributed by atoms with E-state index in [0.717, 1.165) is 4.90 Å². The average molecular weight is 241 g/mol. The SMILES string of the molecule is CC1(C)N=C(C2CC(O)CN2C(=O)O)NC1=O. The Morgan fingerprint density at radius 1 is 1.59 bits per heavy atom. The first-order valence-corrected chi connectivity index (χ1v) is 5.40. The van der Waals surface area contributed by atoms with Crippen LogP contribution in [0.5, 0.6) is 0 Å². The summed E-state index contributed by atoms with van der Waals surface area (Å²) in [7, 11) is 0. The Bertz CT molecular complexity index is 404. The van der Waals surface area contributed by atoms with E-state index in [1.54, 1.807) is 13.8 Å². The van der Waals surface area contributed by atoms with Gasteiger partial charge in [-0.2, -0.15) is 0 Å². The van der Waals surface area contributed by atoms with Crippen molar-refractivity contribution in [1.82, 2.24) is 10.2 Å². The molecule has 1 fully saturated rings. The molecule has 2 amide bonds. The van der Waals surface area contributed by atoms with Gasteiger partial charge in [0.25, 0.3) is 5.91 Å². The lowest BCUT2D eigenvalue weighted by molar-refractivity contribution is -0.122. The number of carbonyl (C=O) groups is 2. The van der Waals surface area contributed by atoms with E-state index in [2.05, 4.69) is 10.3 Å². The van der Waals surface area contributed by atoms with Crippen molar-refractivity contribution >= 4 is 17.8 Å². The topological polar surface area (TPSA) is 102 Å². The van der Waals surface area contributed by atoms with Crippen LogP contribution in [0, 0.1) is 0 Å². The van der Waals surface area contributed by atoms with Gasteiger partial charge in [-0.05, 0) is 13.8 Å². The van der Waals surface area contributed by atoms with E-state index < -0.39 is 23.8 Å². The fourth-order valence-corrected chi connectivity index (χ4v) is 2.09. The van der Waals surface area contributed by atoms with Gasteiger partial charge in [0.2, 0.25) is 0 Å². The Morgan fingerprint density at radius 3 is 2.71 bits per heavy atom. The number of aliphatic hydroxyl groups excluding tert-OH is 1. The Labute approximate surface area is 98.1 Å². The van der Waals surface area contributed by atoms with E-state index in [4.69, 9.17) is 5.11 Å². The molecule has 2 aliphatic heterocycles. The number of aliphatic imine (C=N–C) groups is 1. The zero-order chi connectivity index (χ0) is 12.8. The van der Waals surface area contributed by atoms with Crippen LogP contribution >= 0.6 is 0 Å².